The zero-order valence-corrected chi connectivity index (χ0v) is 14.8. The smallest absolute Gasteiger partial charge is 0.224 e. The van der Waals surface area contributed by atoms with Crippen LogP contribution < -0.4 is 16.0 Å². The Hall–Kier alpha value is -2.66. The zero-order valence-electron chi connectivity index (χ0n) is 14.8. The van der Waals surface area contributed by atoms with Gasteiger partial charge in [-0.15, -0.1) is 0 Å². The number of amides is 2. The van der Waals surface area contributed by atoms with Crippen molar-refractivity contribution < 1.29 is 9.59 Å². The molecule has 26 heavy (non-hydrogen) atoms. The fourth-order valence-corrected chi connectivity index (χ4v) is 3.20. The molecule has 1 aliphatic rings. The Bertz CT molecular complexity index is 657. The summed E-state index contributed by atoms with van der Waals surface area (Å²) in [6.07, 6.45) is 0.578. The topological polar surface area (TPSA) is 70.2 Å². The van der Waals surface area contributed by atoms with E-state index in [4.69, 9.17) is 0 Å². The van der Waals surface area contributed by atoms with Crippen LogP contribution in [0.3, 0.4) is 0 Å². The van der Waals surface area contributed by atoms with Crippen LogP contribution in [-0.4, -0.2) is 24.9 Å². The van der Waals surface area contributed by atoms with Gasteiger partial charge >= 0.3 is 0 Å². The highest BCUT2D eigenvalue weighted by atomic mass is 16.2. The second kappa shape index (κ2) is 9.15. The van der Waals surface area contributed by atoms with E-state index in [9.17, 15) is 9.59 Å². The summed E-state index contributed by atoms with van der Waals surface area (Å²) in [4.78, 5) is 24.9. The van der Waals surface area contributed by atoms with Crippen LogP contribution in [0.1, 0.15) is 17.5 Å². The molecular formula is C21H25N3O2. The maximum absolute atomic E-state index is 12.4. The van der Waals surface area contributed by atoms with Gasteiger partial charge < -0.3 is 16.0 Å². The summed E-state index contributed by atoms with van der Waals surface area (Å²) in [5.74, 6) is -0.358. The number of benzene rings is 2. The minimum Gasteiger partial charge on any atom is -0.352 e. The van der Waals surface area contributed by atoms with Crippen molar-refractivity contribution in [2.24, 2.45) is 11.8 Å². The van der Waals surface area contributed by atoms with Gasteiger partial charge in [0.2, 0.25) is 11.8 Å². The van der Waals surface area contributed by atoms with E-state index in [1.807, 2.05) is 60.7 Å². The molecule has 1 fully saturated rings. The average molecular weight is 351 g/mol. The van der Waals surface area contributed by atoms with Crippen molar-refractivity contribution in [1.82, 2.24) is 16.0 Å². The van der Waals surface area contributed by atoms with Gasteiger partial charge in [-0.2, -0.15) is 0 Å². The Morgan fingerprint density at radius 2 is 1.19 bits per heavy atom. The van der Waals surface area contributed by atoms with E-state index in [2.05, 4.69) is 16.0 Å². The number of nitrogens with one attached hydrogen (secondary N) is 3. The Labute approximate surface area is 154 Å². The molecule has 1 heterocycles. The minimum absolute atomic E-state index is 0.00177. The van der Waals surface area contributed by atoms with Crippen molar-refractivity contribution in [2.75, 3.05) is 13.1 Å². The predicted molar refractivity (Wildman–Crippen MR) is 101 cm³/mol. The van der Waals surface area contributed by atoms with E-state index in [0.717, 1.165) is 11.1 Å². The molecule has 1 saturated heterocycles. The Kier molecular flexibility index (Phi) is 6.39. The van der Waals surface area contributed by atoms with Crippen molar-refractivity contribution in [3.63, 3.8) is 0 Å². The number of hydrogen-bond acceptors (Lipinski definition) is 3. The van der Waals surface area contributed by atoms with Gasteiger partial charge in [-0.05, 0) is 17.5 Å². The molecule has 0 aliphatic carbocycles. The molecule has 2 atom stereocenters. The summed E-state index contributed by atoms with van der Waals surface area (Å²) < 4.78 is 0. The molecule has 2 amide bonds. The van der Waals surface area contributed by atoms with E-state index in [1.165, 1.54) is 0 Å². The molecule has 2 unspecified atom stereocenters. The monoisotopic (exact) mass is 351 g/mol. The maximum atomic E-state index is 12.4. The summed E-state index contributed by atoms with van der Waals surface area (Å²) in [6, 6.07) is 19.7. The second-order valence-electron chi connectivity index (χ2n) is 6.69. The van der Waals surface area contributed by atoms with Crippen molar-refractivity contribution in [3.8, 4) is 0 Å². The zero-order chi connectivity index (χ0) is 18.2. The highest BCUT2D eigenvalue weighted by Gasteiger charge is 2.30. The van der Waals surface area contributed by atoms with Gasteiger partial charge in [0.15, 0.2) is 0 Å². The molecule has 5 heteroatoms. The number of rotatable bonds is 6. The number of carbonyl (C=O) groups is 2. The standard InChI is InChI=1S/C21H25N3O2/c25-20(23-12-16-7-3-1-4-8-16)18-11-19(15-22-14-18)21(26)24-13-17-9-5-2-6-10-17/h1-10,18-19,22H,11-15H2,(H,23,25)(H,24,26). The van der Waals surface area contributed by atoms with Crippen LogP contribution in [0, 0.1) is 11.8 Å². The molecule has 0 saturated carbocycles. The predicted octanol–water partition coefficient (Wildman–Crippen LogP) is 1.84. The quantitative estimate of drug-likeness (QED) is 0.744. The second-order valence-corrected chi connectivity index (χ2v) is 6.69. The average Bonchev–Trinajstić information content (AvgIpc) is 2.72. The van der Waals surface area contributed by atoms with Gasteiger partial charge in [-0.1, -0.05) is 60.7 Å². The van der Waals surface area contributed by atoms with E-state index in [-0.39, 0.29) is 23.7 Å². The summed E-state index contributed by atoms with van der Waals surface area (Å²) >= 11 is 0. The Morgan fingerprint density at radius 3 is 1.62 bits per heavy atom. The molecule has 3 N–H and O–H groups in total. The lowest BCUT2D eigenvalue weighted by molar-refractivity contribution is -0.129. The van der Waals surface area contributed by atoms with Crippen molar-refractivity contribution in [3.05, 3.63) is 71.8 Å². The maximum Gasteiger partial charge on any atom is 0.224 e. The van der Waals surface area contributed by atoms with Crippen LogP contribution in [0.5, 0.6) is 0 Å². The van der Waals surface area contributed by atoms with Crippen LogP contribution >= 0.6 is 0 Å². The van der Waals surface area contributed by atoms with Crippen molar-refractivity contribution >= 4 is 11.8 Å². The first-order valence-electron chi connectivity index (χ1n) is 9.06. The Balaban J connectivity index is 1.47. The normalized spacial score (nSPS) is 19.5. The highest BCUT2D eigenvalue weighted by Crippen LogP contribution is 2.17. The third-order valence-corrected chi connectivity index (χ3v) is 4.71. The van der Waals surface area contributed by atoms with Crippen molar-refractivity contribution in [2.45, 2.75) is 19.5 Å². The fraction of sp³-hybridized carbons (Fsp3) is 0.333. The molecule has 3 rings (SSSR count). The first-order valence-corrected chi connectivity index (χ1v) is 9.06. The van der Waals surface area contributed by atoms with Gasteiger partial charge in [0.25, 0.3) is 0 Å². The third-order valence-electron chi connectivity index (χ3n) is 4.71. The molecule has 5 nitrogen and oxygen atoms in total. The van der Waals surface area contributed by atoms with Crippen LogP contribution in [-0.2, 0) is 22.7 Å². The molecule has 0 spiro atoms. The van der Waals surface area contributed by atoms with E-state index in [0.29, 0.717) is 32.6 Å². The first-order chi connectivity index (χ1) is 12.7. The van der Waals surface area contributed by atoms with E-state index in [1.54, 1.807) is 0 Å². The lowest BCUT2D eigenvalue weighted by Gasteiger charge is -2.28. The Morgan fingerprint density at radius 1 is 0.769 bits per heavy atom. The minimum atomic E-state index is -0.181. The summed E-state index contributed by atoms with van der Waals surface area (Å²) in [5.41, 5.74) is 2.14. The SMILES string of the molecule is O=C(NCc1ccccc1)C1CNCC(C(=O)NCc2ccccc2)C1. The van der Waals surface area contributed by atoms with E-state index < -0.39 is 0 Å². The summed E-state index contributed by atoms with van der Waals surface area (Å²) in [7, 11) is 0. The third kappa shape index (κ3) is 5.17. The first kappa shape index (κ1) is 18.1. The molecular weight excluding hydrogens is 326 g/mol. The lowest BCUT2D eigenvalue weighted by atomic mass is 9.89. The molecule has 2 aromatic rings. The number of piperidine rings is 1. The number of hydrogen-bond donors (Lipinski definition) is 3. The van der Waals surface area contributed by atoms with Gasteiger partial charge in [-0.3, -0.25) is 9.59 Å². The molecule has 1 aliphatic heterocycles. The number of carbonyl (C=O) groups excluding carboxylic acids is 2. The lowest BCUT2D eigenvalue weighted by Crippen LogP contribution is -2.48. The molecule has 2 aromatic carbocycles. The molecule has 0 radical (unpaired) electrons. The van der Waals surface area contributed by atoms with Gasteiger partial charge in [-0.25, -0.2) is 0 Å². The van der Waals surface area contributed by atoms with Gasteiger partial charge in [0.1, 0.15) is 0 Å². The summed E-state index contributed by atoms with van der Waals surface area (Å²) in [5, 5.41) is 9.17. The van der Waals surface area contributed by atoms with E-state index >= 15 is 0 Å². The summed E-state index contributed by atoms with van der Waals surface area (Å²) in [6.45, 7) is 2.26. The largest absolute Gasteiger partial charge is 0.352 e. The van der Waals surface area contributed by atoms with Crippen LogP contribution in [0.4, 0.5) is 0 Å². The highest BCUT2D eigenvalue weighted by molar-refractivity contribution is 5.82. The van der Waals surface area contributed by atoms with Crippen LogP contribution in [0.25, 0.3) is 0 Å². The molecule has 136 valence electrons. The van der Waals surface area contributed by atoms with Gasteiger partial charge in [0, 0.05) is 26.2 Å². The fourth-order valence-electron chi connectivity index (χ4n) is 3.20. The van der Waals surface area contributed by atoms with Crippen LogP contribution in [0.2, 0.25) is 0 Å². The van der Waals surface area contributed by atoms with Gasteiger partial charge in [0.05, 0.1) is 11.8 Å². The van der Waals surface area contributed by atoms with Crippen molar-refractivity contribution in [1.29, 1.82) is 0 Å². The van der Waals surface area contributed by atoms with Crippen LogP contribution in [0.15, 0.2) is 60.7 Å². The molecule has 0 bridgehead atoms. The molecule has 0 aromatic heterocycles.